The molecule has 1 N–H and O–H groups in total. The van der Waals surface area contributed by atoms with E-state index in [1.807, 2.05) is 32.0 Å². The first-order chi connectivity index (χ1) is 9.08. The molecule has 0 aliphatic carbocycles. The lowest BCUT2D eigenvalue weighted by Crippen LogP contribution is -2.05. The maximum Gasteiger partial charge on any atom is 0.354 e. The molecule has 0 fully saturated rings. The molecule has 4 heteroatoms. The fourth-order valence-corrected chi connectivity index (χ4v) is 1.85. The Hall–Kier alpha value is -2.36. The SMILES string of the molecule is Cc1cccc(C)c1OCc1cccc(C(=O)O)n1. The average molecular weight is 257 g/mol. The number of hydrogen-bond donors (Lipinski definition) is 1. The predicted molar refractivity (Wildman–Crippen MR) is 71.4 cm³/mol. The van der Waals surface area contributed by atoms with Crippen LogP contribution >= 0.6 is 0 Å². The van der Waals surface area contributed by atoms with Crippen LogP contribution in [0.5, 0.6) is 5.75 Å². The Morgan fingerprint density at radius 1 is 1.16 bits per heavy atom. The van der Waals surface area contributed by atoms with Gasteiger partial charge in [0.25, 0.3) is 0 Å². The summed E-state index contributed by atoms with van der Waals surface area (Å²) in [5, 5.41) is 8.88. The maximum atomic E-state index is 10.8. The first kappa shape index (κ1) is 13.1. The van der Waals surface area contributed by atoms with E-state index >= 15 is 0 Å². The Labute approximate surface area is 111 Å². The lowest BCUT2D eigenvalue weighted by molar-refractivity contribution is 0.0690. The summed E-state index contributed by atoms with van der Waals surface area (Å²) in [6, 6.07) is 10.8. The van der Waals surface area contributed by atoms with Crippen molar-refractivity contribution < 1.29 is 14.6 Å². The number of carbonyl (C=O) groups is 1. The van der Waals surface area contributed by atoms with Gasteiger partial charge in [0, 0.05) is 0 Å². The highest BCUT2D eigenvalue weighted by Crippen LogP contribution is 2.23. The Balaban J connectivity index is 2.15. The second-order valence-electron chi connectivity index (χ2n) is 4.33. The molecule has 0 amide bonds. The minimum Gasteiger partial charge on any atom is -0.487 e. The zero-order chi connectivity index (χ0) is 13.8. The Morgan fingerprint density at radius 3 is 2.42 bits per heavy atom. The zero-order valence-electron chi connectivity index (χ0n) is 10.9. The predicted octanol–water partition coefficient (Wildman–Crippen LogP) is 2.98. The van der Waals surface area contributed by atoms with Gasteiger partial charge >= 0.3 is 5.97 Å². The van der Waals surface area contributed by atoms with Gasteiger partial charge in [-0.2, -0.15) is 0 Å². The van der Waals surface area contributed by atoms with Crippen LogP contribution in [-0.2, 0) is 6.61 Å². The number of carboxylic acids is 1. The van der Waals surface area contributed by atoms with E-state index < -0.39 is 5.97 Å². The fraction of sp³-hybridized carbons (Fsp3) is 0.200. The number of aryl methyl sites for hydroxylation is 2. The van der Waals surface area contributed by atoms with Gasteiger partial charge in [-0.3, -0.25) is 0 Å². The van der Waals surface area contributed by atoms with E-state index in [0.29, 0.717) is 5.69 Å². The molecule has 1 heterocycles. The first-order valence-corrected chi connectivity index (χ1v) is 5.96. The van der Waals surface area contributed by atoms with E-state index in [-0.39, 0.29) is 12.3 Å². The van der Waals surface area contributed by atoms with Gasteiger partial charge in [0.1, 0.15) is 18.1 Å². The van der Waals surface area contributed by atoms with Crippen LogP contribution in [0.2, 0.25) is 0 Å². The Bertz CT molecular complexity index is 588. The molecular formula is C15H15NO3. The molecule has 1 aromatic carbocycles. The van der Waals surface area contributed by atoms with Crippen molar-refractivity contribution >= 4 is 5.97 Å². The van der Waals surface area contributed by atoms with Gasteiger partial charge < -0.3 is 9.84 Å². The summed E-state index contributed by atoms with van der Waals surface area (Å²) in [5.74, 6) is -0.209. The van der Waals surface area contributed by atoms with Crippen LogP contribution in [0.25, 0.3) is 0 Å². The van der Waals surface area contributed by atoms with Crippen molar-refractivity contribution in [3.63, 3.8) is 0 Å². The molecule has 0 saturated carbocycles. The third-order valence-electron chi connectivity index (χ3n) is 2.80. The van der Waals surface area contributed by atoms with E-state index in [1.165, 1.54) is 6.07 Å². The minimum absolute atomic E-state index is 0.0302. The second kappa shape index (κ2) is 5.52. The van der Waals surface area contributed by atoms with Crippen molar-refractivity contribution in [2.45, 2.75) is 20.5 Å². The number of benzene rings is 1. The van der Waals surface area contributed by atoms with Crippen LogP contribution in [-0.4, -0.2) is 16.1 Å². The smallest absolute Gasteiger partial charge is 0.354 e. The normalized spacial score (nSPS) is 10.2. The van der Waals surface area contributed by atoms with Gasteiger partial charge in [-0.05, 0) is 37.1 Å². The summed E-state index contributed by atoms with van der Waals surface area (Å²) in [4.78, 5) is 14.9. The fourth-order valence-electron chi connectivity index (χ4n) is 1.85. The van der Waals surface area contributed by atoms with Crippen molar-refractivity contribution in [2.75, 3.05) is 0 Å². The van der Waals surface area contributed by atoms with E-state index in [1.54, 1.807) is 12.1 Å². The molecule has 0 unspecified atom stereocenters. The first-order valence-electron chi connectivity index (χ1n) is 5.96. The number of rotatable bonds is 4. The molecule has 0 aliphatic heterocycles. The molecule has 0 radical (unpaired) electrons. The molecule has 0 spiro atoms. The highest BCUT2D eigenvalue weighted by molar-refractivity contribution is 5.85. The summed E-state index contributed by atoms with van der Waals surface area (Å²) in [7, 11) is 0. The summed E-state index contributed by atoms with van der Waals surface area (Å²) in [5.41, 5.74) is 2.73. The van der Waals surface area contributed by atoms with Crippen molar-refractivity contribution in [3.05, 3.63) is 58.9 Å². The van der Waals surface area contributed by atoms with Crippen LogP contribution in [0.4, 0.5) is 0 Å². The highest BCUT2D eigenvalue weighted by atomic mass is 16.5. The van der Waals surface area contributed by atoms with Crippen molar-refractivity contribution in [1.82, 2.24) is 4.98 Å². The lowest BCUT2D eigenvalue weighted by atomic mass is 10.1. The van der Waals surface area contributed by atoms with Crippen molar-refractivity contribution in [3.8, 4) is 5.75 Å². The molecule has 0 aliphatic rings. The largest absolute Gasteiger partial charge is 0.487 e. The van der Waals surface area contributed by atoms with E-state index in [4.69, 9.17) is 9.84 Å². The molecule has 1 aromatic heterocycles. The summed E-state index contributed by atoms with van der Waals surface area (Å²) < 4.78 is 5.73. The van der Waals surface area contributed by atoms with Gasteiger partial charge in [-0.1, -0.05) is 24.3 Å². The van der Waals surface area contributed by atoms with Crippen LogP contribution in [0, 0.1) is 13.8 Å². The van der Waals surface area contributed by atoms with Crippen LogP contribution in [0.15, 0.2) is 36.4 Å². The van der Waals surface area contributed by atoms with Gasteiger partial charge in [0.05, 0.1) is 5.69 Å². The number of nitrogens with zero attached hydrogens (tertiary/aromatic N) is 1. The number of hydrogen-bond acceptors (Lipinski definition) is 3. The highest BCUT2D eigenvalue weighted by Gasteiger charge is 2.07. The van der Waals surface area contributed by atoms with Crippen molar-refractivity contribution in [2.24, 2.45) is 0 Å². The van der Waals surface area contributed by atoms with Gasteiger partial charge in [-0.15, -0.1) is 0 Å². The third-order valence-corrected chi connectivity index (χ3v) is 2.80. The lowest BCUT2D eigenvalue weighted by Gasteiger charge is -2.11. The van der Waals surface area contributed by atoms with E-state index in [9.17, 15) is 4.79 Å². The molecule has 0 atom stereocenters. The topological polar surface area (TPSA) is 59.4 Å². The summed E-state index contributed by atoms with van der Waals surface area (Å²) in [6.45, 7) is 4.21. The van der Waals surface area contributed by atoms with Crippen molar-refractivity contribution in [1.29, 1.82) is 0 Å². The quantitative estimate of drug-likeness (QED) is 0.914. The monoisotopic (exact) mass is 257 g/mol. The summed E-state index contributed by atoms with van der Waals surface area (Å²) in [6.07, 6.45) is 0. The second-order valence-corrected chi connectivity index (χ2v) is 4.33. The maximum absolute atomic E-state index is 10.8. The number of para-hydroxylation sites is 1. The molecular weight excluding hydrogens is 242 g/mol. The standard InChI is InChI=1S/C15H15NO3/c1-10-5-3-6-11(2)14(10)19-9-12-7-4-8-13(16-12)15(17)18/h3-8H,9H2,1-2H3,(H,17,18). The molecule has 0 bridgehead atoms. The Kier molecular flexibility index (Phi) is 3.80. The van der Waals surface area contributed by atoms with E-state index in [0.717, 1.165) is 16.9 Å². The van der Waals surface area contributed by atoms with Gasteiger partial charge in [0.2, 0.25) is 0 Å². The molecule has 2 rings (SSSR count). The van der Waals surface area contributed by atoms with Gasteiger partial charge in [-0.25, -0.2) is 9.78 Å². The third kappa shape index (κ3) is 3.10. The van der Waals surface area contributed by atoms with Crippen LogP contribution in [0.1, 0.15) is 27.3 Å². The van der Waals surface area contributed by atoms with Crippen LogP contribution in [0.3, 0.4) is 0 Å². The number of ether oxygens (including phenoxy) is 1. The molecule has 4 nitrogen and oxygen atoms in total. The van der Waals surface area contributed by atoms with E-state index in [2.05, 4.69) is 4.98 Å². The molecule has 2 aromatic rings. The summed E-state index contributed by atoms with van der Waals surface area (Å²) >= 11 is 0. The molecule has 98 valence electrons. The molecule has 0 saturated heterocycles. The number of pyridine rings is 1. The van der Waals surface area contributed by atoms with Crippen LogP contribution < -0.4 is 4.74 Å². The Morgan fingerprint density at radius 2 is 1.79 bits per heavy atom. The average Bonchev–Trinajstić information content (AvgIpc) is 2.38. The minimum atomic E-state index is -1.03. The zero-order valence-corrected chi connectivity index (χ0v) is 10.9. The number of aromatic carboxylic acids is 1. The number of carboxylic acid groups (broad SMARTS) is 1. The number of aromatic nitrogens is 1. The van der Waals surface area contributed by atoms with Gasteiger partial charge in [0.15, 0.2) is 0 Å². The molecule has 19 heavy (non-hydrogen) atoms.